The van der Waals surface area contributed by atoms with E-state index >= 15 is 0 Å². The van der Waals surface area contributed by atoms with E-state index in [-0.39, 0.29) is 24.0 Å². The Morgan fingerprint density at radius 1 is 1.18 bits per heavy atom. The minimum atomic E-state index is -0.463. The molecule has 4 aromatic rings. The molecule has 1 aliphatic rings. The molecule has 8 heteroatoms. The molecule has 1 atom stereocenters. The van der Waals surface area contributed by atoms with Crippen LogP contribution in [0.5, 0.6) is 5.75 Å². The normalized spacial score (nSPS) is 15.2. The van der Waals surface area contributed by atoms with Gasteiger partial charge in [-0.05, 0) is 47.9 Å². The third kappa shape index (κ3) is 4.42. The highest BCUT2D eigenvalue weighted by atomic mass is 32.1. The summed E-state index contributed by atoms with van der Waals surface area (Å²) in [6.45, 7) is 0.281. The van der Waals surface area contributed by atoms with E-state index in [4.69, 9.17) is 4.74 Å². The Bertz CT molecular complexity index is 1320. The van der Waals surface area contributed by atoms with E-state index in [9.17, 15) is 14.0 Å². The highest BCUT2D eigenvalue weighted by molar-refractivity contribution is 7.19. The van der Waals surface area contributed by atoms with Crippen LogP contribution in [0.3, 0.4) is 0 Å². The Labute approximate surface area is 193 Å². The quantitative estimate of drug-likeness (QED) is 0.412. The van der Waals surface area contributed by atoms with E-state index in [2.05, 4.69) is 10.3 Å². The van der Waals surface area contributed by atoms with Gasteiger partial charge < -0.3 is 14.6 Å². The molecule has 0 saturated heterocycles. The average Bonchev–Trinajstić information content (AvgIpc) is 3.50. The zero-order valence-electron chi connectivity index (χ0n) is 17.5. The Hall–Kier alpha value is -3.78. The lowest BCUT2D eigenvalue weighted by Gasteiger charge is -2.24. The summed E-state index contributed by atoms with van der Waals surface area (Å²) in [6.07, 6.45) is 4.13. The predicted octanol–water partition coefficient (Wildman–Crippen LogP) is 5.49. The fraction of sp³-hybridized carbons (Fsp3) is 0.160. The minimum absolute atomic E-state index is 0.0406. The van der Waals surface area contributed by atoms with E-state index in [0.29, 0.717) is 29.2 Å². The van der Waals surface area contributed by atoms with Crippen molar-refractivity contribution >= 4 is 28.2 Å². The van der Waals surface area contributed by atoms with Gasteiger partial charge in [0.1, 0.15) is 12.6 Å². The third-order valence-electron chi connectivity index (χ3n) is 5.54. The molecule has 3 heterocycles. The first-order valence-electron chi connectivity index (χ1n) is 10.5. The Morgan fingerprint density at radius 3 is 2.85 bits per heavy atom. The number of nitrogens with zero attached hydrogens (tertiary/aromatic N) is 2. The molecule has 1 unspecified atom stereocenters. The minimum Gasteiger partial charge on any atom is -0.486 e. The largest absolute Gasteiger partial charge is 0.486 e. The molecule has 0 aliphatic carbocycles. The number of benzene rings is 2. The lowest BCUT2D eigenvalue weighted by Crippen LogP contribution is -2.31. The number of rotatable bonds is 6. The lowest BCUT2D eigenvalue weighted by atomic mass is 10.0. The summed E-state index contributed by atoms with van der Waals surface area (Å²) in [5.74, 6) is -0.472. The van der Waals surface area contributed by atoms with Gasteiger partial charge >= 0.3 is 0 Å². The monoisotopic (exact) mass is 461 g/mol. The number of fused-ring (bicyclic) bond motifs is 1. The molecular weight excluding hydrogens is 441 g/mol. The number of hydrogen-bond acceptors (Lipinski definition) is 5. The van der Waals surface area contributed by atoms with Gasteiger partial charge in [-0.1, -0.05) is 41.7 Å². The van der Waals surface area contributed by atoms with Gasteiger partial charge in [0.25, 0.3) is 0 Å². The van der Waals surface area contributed by atoms with Crippen molar-refractivity contribution in [3.63, 3.8) is 0 Å². The molecule has 5 rings (SSSR count). The zero-order valence-corrected chi connectivity index (χ0v) is 18.3. The zero-order chi connectivity index (χ0) is 22.8. The van der Waals surface area contributed by atoms with Crippen LogP contribution in [0, 0.1) is 5.82 Å². The number of amides is 1. The summed E-state index contributed by atoms with van der Waals surface area (Å²) in [5, 5.41) is 3.25. The Kier molecular flexibility index (Phi) is 5.75. The molecule has 0 fully saturated rings. The van der Waals surface area contributed by atoms with E-state index in [1.807, 2.05) is 30.3 Å². The van der Waals surface area contributed by atoms with Crippen molar-refractivity contribution in [1.82, 2.24) is 9.55 Å². The van der Waals surface area contributed by atoms with Gasteiger partial charge in [-0.25, -0.2) is 9.37 Å². The number of aromatic nitrogens is 2. The molecule has 6 nitrogen and oxygen atoms in total. The Balaban J connectivity index is 1.26. The lowest BCUT2D eigenvalue weighted by molar-refractivity contribution is -0.119. The average molecular weight is 462 g/mol. The smallest absolute Gasteiger partial charge is 0.249 e. The van der Waals surface area contributed by atoms with Gasteiger partial charge in [-0.15, -0.1) is 0 Å². The van der Waals surface area contributed by atoms with Gasteiger partial charge in [0.15, 0.2) is 22.5 Å². The van der Waals surface area contributed by atoms with Crippen molar-refractivity contribution in [2.45, 2.75) is 25.5 Å². The highest BCUT2D eigenvalue weighted by Gasteiger charge is 2.30. The highest BCUT2D eigenvalue weighted by Crippen LogP contribution is 2.33. The second kappa shape index (κ2) is 8.99. The first-order chi connectivity index (χ1) is 16.1. The molecule has 0 saturated carbocycles. The van der Waals surface area contributed by atoms with E-state index in [1.165, 1.54) is 17.4 Å². The van der Waals surface area contributed by atoms with E-state index in [1.54, 1.807) is 41.2 Å². The van der Waals surface area contributed by atoms with Crippen LogP contribution >= 0.6 is 11.3 Å². The standard InChI is InChI=1S/C25H20FN3O3S/c26-18-13-17(8-11-22(18)32-15-16-5-2-1-3-6-16)23-14-27-25(33-23)28-24(31)20-9-10-21(30)19-7-4-12-29(19)20/h1-8,11-14,20H,9-10,15H2,(H,27,28,31). The number of hydrogen-bond donors (Lipinski definition) is 1. The van der Waals surface area contributed by atoms with Crippen LogP contribution in [0.25, 0.3) is 10.4 Å². The number of ether oxygens (including phenoxy) is 1. The van der Waals surface area contributed by atoms with Crippen LogP contribution < -0.4 is 10.1 Å². The predicted molar refractivity (Wildman–Crippen MR) is 124 cm³/mol. The molecule has 0 radical (unpaired) electrons. The van der Waals surface area contributed by atoms with Crippen molar-refractivity contribution in [2.75, 3.05) is 5.32 Å². The van der Waals surface area contributed by atoms with Crippen LogP contribution in [0.15, 0.2) is 73.1 Å². The van der Waals surface area contributed by atoms with Crippen molar-refractivity contribution in [3.05, 3.63) is 90.1 Å². The summed E-state index contributed by atoms with van der Waals surface area (Å²) in [7, 11) is 0. The van der Waals surface area contributed by atoms with Gasteiger partial charge in [0, 0.05) is 18.8 Å². The number of carbonyl (C=O) groups is 2. The number of ketones is 1. The fourth-order valence-corrected chi connectivity index (χ4v) is 4.67. The van der Waals surface area contributed by atoms with Crippen LogP contribution in [-0.4, -0.2) is 21.2 Å². The van der Waals surface area contributed by atoms with Crippen molar-refractivity contribution in [3.8, 4) is 16.2 Å². The van der Waals surface area contributed by atoms with E-state index < -0.39 is 11.9 Å². The molecule has 2 aromatic heterocycles. The third-order valence-corrected chi connectivity index (χ3v) is 6.50. The molecule has 2 aromatic carbocycles. The molecule has 0 spiro atoms. The maximum atomic E-state index is 14.6. The molecule has 33 heavy (non-hydrogen) atoms. The molecule has 0 bridgehead atoms. The SMILES string of the molecule is O=C1CCC(C(=O)Nc2ncc(-c3ccc(OCc4ccccc4)c(F)c3)s2)n2cccc21. The number of thiazole rings is 1. The number of Topliss-reactive ketones (excluding diaryl/α,β-unsaturated/α-hetero) is 1. The summed E-state index contributed by atoms with van der Waals surface area (Å²) in [4.78, 5) is 29.8. The maximum Gasteiger partial charge on any atom is 0.249 e. The number of nitrogens with one attached hydrogen (secondary N) is 1. The second-order valence-corrected chi connectivity index (χ2v) is 8.75. The van der Waals surface area contributed by atoms with Crippen LogP contribution in [0.2, 0.25) is 0 Å². The van der Waals surface area contributed by atoms with Crippen LogP contribution in [0.1, 0.15) is 34.9 Å². The van der Waals surface area contributed by atoms with Crippen molar-refractivity contribution in [1.29, 1.82) is 0 Å². The van der Waals surface area contributed by atoms with E-state index in [0.717, 1.165) is 10.4 Å². The van der Waals surface area contributed by atoms with Crippen LogP contribution in [-0.2, 0) is 11.4 Å². The van der Waals surface area contributed by atoms with Gasteiger partial charge in [0.05, 0.1) is 10.6 Å². The topological polar surface area (TPSA) is 73.2 Å². The molecule has 1 amide bonds. The van der Waals surface area contributed by atoms with Gasteiger partial charge in [0.2, 0.25) is 5.91 Å². The molecule has 166 valence electrons. The summed E-state index contributed by atoms with van der Waals surface area (Å²) < 4.78 is 21.9. The molecular formula is C25H20FN3O3S. The summed E-state index contributed by atoms with van der Waals surface area (Å²) in [5.41, 5.74) is 2.15. The van der Waals surface area contributed by atoms with Gasteiger partial charge in [-0.3, -0.25) is 9.59 Å². The number of anilines is 1. The molecule has 1 N–H and O–H groups in total. The molecule has 1 aliphatic heterocycles. The van der Waals surface area contributed by atoms with Crippen LogP contribution in [0.4, 0.5) is 9.52 Å². The second-order valence-electron chi connectivity index (χ2n) is 7.72. The van der Waals surface area contributed by atoms with Gasteiger partial charge in [-0.2, -0.15) is 0 Å². The maximum absolute atomic E-state index is 14.6. The summed E-state index contributed by atoms with van der Waals surface area (Å²) in [6, 6.07) is 17.4. The first-order valence-corrected chi connectivity index (χ1v) is 11.3. The fourth-order valence-electron chi connectivity index (χ4n) is 3.85. The summed E-state index contributed by atoms with van der Waals surface area (Å²) >= 11 is 1.26. The first kappa shape index (κ1) is 21.1. The van der Waals surface area contributed by atoms with Crippen molar-refractivity contribution in [2.24, 2.45) is 0 Å². The number of carbonyl (C=O) groups excluding carboxylic acids is 2. The van der Waals surface area contributed by atoms with Crippen molar-refractivity contribution < 1.29 is 18.7 Å². The Morgan fingerprint density at radius 2 is 2.03 bits per heavy atom. The number of halogens is 1.